The van der Waals surface area contributed by atoms with Crippen molar-refractivity contribution in [1.82, 2.24) is 0 Å². The van der Waals surface area contributed by atoms with Gasteiger partial charge in [0.15, 0.2) is 0 Å². The van der Waals surface area contributed by atoms with E-state index in [1.807, 2.05) is 12.1 Å². The van der Waals surface area contributed by atoms with Crippen LogP contribution in [0.1, 0.15) is 0 Å². The van der Waals surface area contributed by atoms with Gasteiger partial charge in [-0.1, -0.05) is 36.4 Å². The fourth-order valence-electron chi connectivity index (χ4n) is 0.999. The number of phenolic OH excluding ortho intramolecular Hbond substituents is 2. The van der Waals surface area contributed by atoms with E-state index in [1.165, 1.54) is 0 Å². The van der Waals surface area contributed by atoms with Gasteiger partial charge in [-0.3, -0.25) is 0 Å². The van der Waals surface area contributed by atoms with E-state index >= 15 is 0 Å². The number of rotatable bonds is 2. The Morgan fingerprint density at radius 2 is 0.909 bits per heavy atom. The van der Waals surface area contributed by atoms with Crippen molar-refractivity contribution < 1.29 is 30.0 Å². The molecule has 0 saturated carbocycles. The monoisotopic (exact) mass is 304 g/mol. The summed E-state index contributed by atoms with van der Waals surface area (Å²) in [6.45, 7) is 0. The number of benzene rings is 2. The zero-order valence-electron chi connectivity index (χ0n) is 11.5. The van der Waals surface area contributed by atoms with Crippen molar-refractivity contribution in [2.24, 2.45) is 0 Å². The fraction of sp³-hybridized carbons (Fsp3) is 0. The van der Waals surface area contributed by atoms with Crippen LogP contribution >= 0.6 is 0 Å². The van der Waals surface area contributed by atoms with E-state index in [-0.39, 0.29) is 0 Å². The third-order valence-electron chi connectivity index (χ3n) is 1.88. The predicted octanol–water partition coefficient (Wildman–Crippen LogP) is 2.50. The molecule has 0 heterocycles. The fourth-order valence-corrected chi connectivity index (χ4v) is 0.999. The van der Waals surface area contributed by atoms with Crippen molar-refractivity contribution in [3.8, 4) is 11.5 Å². The molecule has 2 rings (SSSR count). The summed E-state index contributed by atoms with van der Waals surface area (Å²) in [6.07, 6.45) is 1.12. The number of phenols is 2. The van der Waals surface area contributed by atoms with E-state index in [2.05, 4.69) is 0 Å². The zero-order chi connectivity index (χ0) is 16.8. The highest BCUT2D eigenvalue weighted by atomic mass is 16.4. The molecule has 2 aromatic carbocycles. The molecule has 6 nitrogen and oxygen atoms in total. The molecule has 0 aromatic heterocycles. The summed E-state index contributed by atoms with van der Waals surface area (Å²) in [5.74, 6) is -1.87. The SMILES string of the molecule is O=C(O)/C=C/C(=O)O.Oc1ccccc1.Oc1ccccc1. The van der Waals surface area contributed by atoms with Crippen molar-refractivity contribution in [3.05, 3.63) is 72.8 Å². The molecular weight excluding hydrogens is 288 g/mol. The van der Waals surface area contributed by atoms with Crippen LogP contribution in [0.4, 0.5) is 0 Å². The molecule has 4 N–H and O–H groups in total. The minimum Gasteiger partial charge on any atom is -0.508 e. The molecule has 0 aliphatic carbocycles. The first-order valence-electron chi connectivity index (χ1n) is 6.03. The Bertz CT molecular complexity index is 525. The Kier molecular flexibility index (Phi) is 9.82. The summed E-state index contributed by atoms with van der Waals surface area (Å²) < 4.78 is 0. The van der Waals surface area contributed by atoms with Gasteiger partial charge in [0.2, 0.25) is 0 Å². The number of carboxylic acid groups (broad SMARTS) is 2. The average Bonchev–Trinajstić information content (AvgIpc) is 2.48. The van der Waals surface area contributed by atoms with Crippen LogP contribution in [0.2, 0.25) is 0 Å². The molecule has 0 bridgehead atoms. The largest absolute Gasteiger partial charge is 0.508 e. The van der Waals surface area contributed by atoms with Gasteiger partial charge in [0, 0.05) is 12.2 Å². The van der Waals surface area contributed by atoms with Crippen molar-refractivity contribution in [2.45, 2.75) is 0 Å². The summed E-state index contributed by atoms with van der Waals surface area (Å²) in [5.41, 5.74) is 0. The molecule has 0 saturated heterocycles. The van der Waals surface area contributed by atoms with Gasteiger partial charge >= 0.3 is 11.9 Å². The summed E-state index contributed by atoms with van der Waals surface area (Å²) >= 11 is 0. The highest BCUT2D eigenvalue weighted by Crippen LogP contribution is 2.03. The molecule has 6 heteroatoms. The van der Waals surface area contributed by atoms with E-state index in [1.54, 1.807) is 48.5 Å². The molecule has 2 aromatic rings. The van der Waals surface area contributed by atoms with Crippen LogP contribution in [-0.4, -0.2) is 32.4 Å². The molecule has 0 fully saturated rings. The average molecular weight is 304 g/mol. The standard InChI is InChI=1S/2C6H6O.C4H4O4/c2*7-6-4-2-1-3-5-6;5-3(6)1-2-4(7)8/h2*1-5,7H;1-2H,(H,5,6)(H,7,8)/b;;2-1+. The molecule has 0 aliphatic heterocycles. The van der Waals surface area contributed by atoms with Gasteiger partial charge in [0.25, 0.3) is 0 Å². The molecule has 22 heavy (non-hydrogen) atoms. The summed E-state index contributed by atoms with van der Waals surface area (Å²) in [6, 6.07) is 17.4. The van der Waals surface area contributed by atoms with Crippen LogP contribution in [0.25, 0.3) is 0 Å². The molecule has 0 aliphatic rings. The normalized spacial score (nSPS) is 8.91. The smallest absolute Gasteiger partial charge is 0.328 e. The molecule has 0 amide bonds. The number of carboxylic acids is 2. The highest BCUT2D eigenvalue weighted by Gasteiger charge is 1.88. The number of hydrogen-bond donors (Lipinski definition) is 4. The number of hydrogen-bond acceptors (Lipinski definition) is 4. The van der Waals surface area contributed by atoms with Gasteiger partial charge in [-0.15, -0.1) is 0 Å². The van der Waals surface area contributed by atoms with E-state index in [4.69, 9.17) is 20.4 Å². The maximum Gasteiger partial charge on any atom is 0.328 e. The second kappa shape index (κ2) is 11.5. The minimum absolute atomic E-state index is 0.322. The van der Waals surface area contributed by atoms with Crippen LogP contribution < -0.4 is 0 Å². The first-order valence-corrected chi connectivity index (χ1v) is 6.03. The predicted molar refractivity (Wildman–Crippen MR) is 80.6 cm³/mol. The lowest BCUT2D eigenvalue weighted by Crippen LogP contribution is -1.91. The van der Waals surface area contributed by atoms with Gasteiger partial charge < -0.3 is 20.4 Å². The van der Waals surface area contributed by atoms with Crippen molar-refractivity contribution in [3.63, 3.8) is 0 Å². The molecule has 0 spiro atoms. The second-order valence-electron chi connectivity index (χ2n) is 3.68. The van der Waals surface area contributed by atoms with Gasteiger partial charge in [0.1, 0.15) is 11.5 Å². The topological polar surface area (TPSA) is 115 Å². The lowest BCUT2D eigenvalue weighted by Gasteiger charge is -1.82. The van der Waals surface area contributed by atoms with Gasteiger partial charge in [-0.25, -0.2) is 9.59 Å². The third kappa shape index (κ3) is 13.2. The summed E-state index contributed by atoms with van der Waals surface area (Å²) in [7, 11) is 0. The molecule has 116 valence electrons. The van der Waals surface area contributed by atoms with Crippen molar-refractivity contribution in [2.75, 3.05) is 0 Å². The number of para-hydroxylation sites is 2. The first-order chi connectivity index (χ1) is 10.4. The van der Waals surface area contributed by atoms with Crippen LogP contribution in [0.3, 0.4) is 0 Å². The van der Waals surface area contributed by atoms with E-state index in [0.717, 1.165) is 0 Å². The Morgan fingerprint density at radius 1 is 0.636 bits per heavy atom. The lowest BCUT2D eigenvalue weighted by atomic mass is 10.3. The van der Waals surface area contributed by atoms with Crippen molar-refractivity contribution >= 4 is 11.9 Å². The number of aromatic hydroxyl groups is 2. The Balaban J connectivity index is 0.000000301. The zero-order valence-corrected chi connectivity index (χ0v) is 11.5. The van der Waals surface area contributed by atoms with Gasteiger partial charge in [-0.05, 0) is 24.3 Å². The molecule has 0 atom stereocenters. The quantitative estimate of drug-likeness (QED) is 0.634. The highest BCUT2D eigenvalue weighted by molar-refractivity contribution is 5.89. The molecule has 0 radical (unpaired) electrons. The first kappa shape index (κ1) is 18.7. The van der Waals surface area contributed by atoms with Crippen LogP contribution in [0.15, 0.2) is 72.8 Å². The van der Waals surface area contributed by atoms with Gasteiger partial charge in [-0.2, -0.15) is 0 Å². The van der Waals surface area contributed by atoms with Crippen LogP contribution in [0, 0.1) is 0 Å². The van der Waals surface area contributed by atoms with E-state index in [0.29, 0.717) is 23.7 Å². The second-order valence-corrected chi connectivity index (χ2v) is 3.68. The minimum atomic E-state index is -1.26. The Morgan fingerprint density at radius 3 is 1.05 bits per heavy atom. The molecular formula is C16H16O6. The lowest BCUT2D eigenvalue weighted by molar-refractivity contribution is -0.134. The van der Waals surface area contributed by atoms with Crippen LogP contribution in [0.5, 0.6) is 11.5 Å². The Labute approximate surface area is 127 Å². The number of carbonyl (C=O) groups is 2. The van der Waals surface area contributed by atoms with Gasteiger partial charge in [0.05, 0.1) is 0 Å². The van der Waals surface area contributed by atoms with Crippen LogP contribution in [-0.2, 0) is 9.59 Å². The van der Waals surface area contributed by atoms with E-state index in [9.17, 15) is 9.59 Å². The number of aliphatic carboxylic acids is 2. The maximum atomic E-state index is 9.55. The Hall–Kier alpha value is -3.28. The third-order valence-corrected chi connectivity index (χ3v) is 1.88. The summed E-state index contributed by atoms with van der Waals surface area (Å²) in [4.78, 5) is 19.1. The summed E-state index contributed by atoms with van der Waals surface area (Å²) in [5, 5.41) is 32.9. The maximum absolute atomic E-state index is 9.55. The van der Waals surface area contributed by atoms with E-state index < -0.39 is 11.9 Å². The molecule has 0 unspecified atom stereocenters. The van der Waals surface area contributed by atoms with Crippen molar-refractivity contribution in [1.29, 1.82) is 0 Å².